The number of ether oxygens (including phenoxy) is 1. The lowest BCUT2D eigenvalue weighted by Gasteiger charge is -2.37. The summed E-state index contributed by atoms with van der Waals surface area (Å²) < 4.78 is 6.11. The van der Waals surface area contributed by atoms with Crippen LogP contribution >= 0.6 is 0 Å². The smallest absolute Gasteiger partial charge is 0.141 e. The van der Waals surface area contributed by atoms with Crippen LogP contribution in [0, 0.1) is 17.8 Å². The van der Waals surface area contributed by atoms with E-state index in [1.807, 2.05) is 0 Å². The Morgan fingerprint density at radius 1 is 1.32 bits per heavy atom. The maximum Gasteiger partial charge on any atom is 0.141 e. The molecule has 4 nitrogen and oxygen atoms in total. The molecule has 1 aliphatic carbocycles. The number of rotatable bonds is 4. The highest BCUT2D eigenvalue weighted by atomic mass is 16.5. The van der Waals surface area contributed by atoms with E-state index in [2.05, 4.69) is 30.7 Å². The molecule has 0 aromatic carbocycles. The Bertz CT molecular complexity index is 391. The fourth-order valence-corrected chi connectivity index (χ4v) is 2.94. The standard InChI is InChI=1S/C15H25N3O/c1-10(2)13-5-4-11(3)6-14(13)19-9-12-7-18-15(16)8-17-12/h7-8,10-11,13-14H,4-6,9H2,1-3H3,(H2,16,18). The average Bonchev–Trinajstić information content (AvgIpc) is 2.38. The molecule has 1 aromatic heterocycles. The first-order valence-corrected chi connectivity index (χ1v) is 7.24. The highest BCUT2D eigenvalue weighted by Crippen LogP contribution is 2.35. The lowest BCUT2D eigenvalue weighted by atomic mass is 9.75. The highest BCUT2D eigenvalue weighted by Gasteiger charge is 2.31. The Morgan fingerprint density at radius 3 is 2.74 bits per heavy atom. The summed E-state index contributed by atoms with van der Waals surface area (Å²) in [6, 6.07) is 0. The zero-order valence-electron chi connectivity index (χ0n) is 12.2. The third-order valence-corrected chi connectivity index (χ3v) is 4.13. The Labute approximate surface area is 115 Å². The van der Waals surface area contributed by atoms with Crippen LogP contribution in [-0.2, 0) is 11.3 Å². The Balaban J connectivity index is 1.93. The number of anilines is 1. The summed E-state index contributed by atoms with van der Waals surface area (Å²) in [5.41, 5.74) is 6.39. The Hall–Kier alpha value is -1.16. The molecule has 1 aromatic rings. The predicted molar refractivity (Wildman–Crippen MR) is 76.4 cm³/mol. The van der Waals surface area contributed by atoms with Gasteiger partial charge in [0.15, 0.2) is 0 Å². The van der Waals surface area contributed by atoms with Crippen molar-refractivity contribution in [3.05, 3.63) is 18.1 Å². The number of nitrogens with two attached hydrogens (primary N) is 1. The van der Waals surface area contributed by atoms with Crippen molar-refractivity contribution in [2.45, 2.75) is 52.7 Å². The fraction of sp³-hybridized carbons (Fsp3) is 0.733. The summed E-state index contributed by atoms with van der Waals surface area (Å²) in [6.45, 7) is 7.43. The van der Waals surface area contributed by atoms with Crippen LogP contribution in [-0.4, -0.2) is 16.1 Å². The van der Waals surface area contributed by atoms with Gasteiger partial charge in [0, 0.05) is 0 Å². The van der Waals surface area contributed by atoms with Crippen molar-refractivity contribution in [1.29, 1.82) is 0 Å². The van der Waals surface area contributed by atoms with Gasteiger partial charge in [-0.2, -0.15) is 0 Å². The van der Waals surface area contributed by atoms with Crippen LogP contribution in [0.3, 0.4) is 0 Å². The molecule has 2 rings (SSSR count). The van der Waals surface area contributed by atoms with E-state index in [0.29, 0.717) is 30.4 Å². The molecule has 4 heteroatoms. The lowest BCUT2D eigenvalue weighted by molar-refractivity contribution is -0.0483. The highest BCUT2D eigenvalue weighted by molar-refractivity contribution is 5.22. The zero-order chi connectivity index (χ0) is 13.8. The molecule has 1 fully saturated rings. The quantitative estimate of drug-likeness (QED) is 0.907. The molecule has 106 valence electrons. The van der Waals surface area contributed by atoms with Crippen LogP contribution in [0.15, 0.2) is 12.4 Å². The first kappa shape index (κ1) is 14.3. The van der Waals surface area contributed by atoms with E-state index in [1.165, 1.54) is 12.8 Å². The van der Waals surface area contributed by atoms with Crippen LogP contribution in [0.5, 0.6) is 0 Å². The van der Waals surface area contributed by atoms with Gasteiger partial charge in [-0.15, -0.1) is 0 Å². The van der Waals surface area contributed by atoms with Crippen LogP contribution in [0.25, 0.3) is 0 Å². The Kier molecular flexibility index (Phi) is 4.75. The van der Waals surface area contributed by atoms with Crippen molar-refractivity contribution in [1.82, 2.24) is 9.97 Å². The third kappa shape index (κ3) is 3.90. The molecule has 2 N–H and O–H groups in total. The van der Waals surface area contributed by atoms with Crippen LogP contribution in [0.4, 0.5) is 5.82 Å². The van der Waals surface area contributed by atoms with E-state index in [9.17, 15) is 0 Å². The van der Waals surface area contributed by atoms with E-state index < -0.39 is 0 Å². The number of hydrogen-bond acceptors (Lipinski definition) is 4. The molecule has 0 amide bonds. The van der Waals surface area contributed by atoms with Crippen molar-refractivity contribution in [3.8, 4) is 0 Å². The second-order valence-corrected chi connectivity index (χ2v) is 6.11. The summed E-state index contributed by atoms with van der Waals surface area (Å²) in [4.78, 5) is 8.29. The molecule has 19 heavy (non-hydrogen) atoms. The van der Waals surface area contributed by atoms with E-state index in [1.54, 1.807) is 12.4 Å². The SMILES string of the molecule is CC1CCC(C(C)C)C(OCc2cnc(N)cn2)C1. The van der Waals surface area contributed by atoms with E-state index in [0.717, 1.165) is 18.0 Å². The molecule has 0 spiro atoms. The largest absolute Gasteiger partial charge is 0.382 e. The van der Waals surface area contributed by atoms with Crippen molar-refractivity contribution >= 4 is 5.82 Å². The minimum atomic E-state index is 0.350. The first-order chi connectivity index (χ1) is 9.06. The zero-order valence-corrected chi connectivity index (χ0v) is 12.2. The fourth-order valence-electron chi connectivity index (χ4n) is 2.94. The summed E-state index contributed by atoms with van der Waals surface area (Å²) in [7, 11) is 0. The van der Waals surface area contributed by atoms with E-state index >= 15 is 0 Å². The molecule has 1 aliphatic rings. The van der Waals surface area contributed by atoms with E-state index in [-0.39, 0.29) is 0 Å². The number of nitrogens with zero attached hydrogens (tertiary/aromatic N) is 2. The van der Waals surface area contributed by atoms with Gasteiger partial charge in [-0.3, -0.25) is 4.98 Å². The van der Waals surface area contributed by atoms with Crippen LogP contribution in [0.2, 0.25) is 0 Å². The van der Waals surface area contributed by atoms with E-state index in [4.69, 9.17) is 10.5 Å². The molecule has 0 radical (unpaired) electrons. The summed E-state index contributed by atoms with van der Waals surface area (Å²) in [5.74, 6) is 2.56. The van der Waals surface area contributed by atoms with Gasteiger partial charge in [0.25, 0.3) is 0 Å². The third-order valence-electron chi connectivity index (χ3n) is 4.13. The molecule has 3 atom stereocenters. The van der Waals surface area contributed by atoms with Crippen LogP contribution in [0.1, 0.15) is 45.7 Å². The first-order valence-electron chi connectivity index (χ1n) is 7.24. The van der Waals surface area contributed by atoms with Crippen molar-refractivity contribution < 1.29 is 4.74 Å². The Morgan fingerprint density at radius 2 is 2.11 bits per heavy atom. The van der Waals surface area contributed by atoms with Gasteiger partial charge in [0.1, 0.15) is 5.82 Å². The minimum Gasteiger partial charge on any atom is -0.382 e. The van der Waals surface area contributed by atoms with Gasteiger partial charge in [0.2, 0.25) is 0 Å². The van der Waals surface area contributed by atoms with Crippen molar-refractivity contribution in [3.63, 3.8) is 0 Å². The topological polar surface area (TPSA) is 61.0 Å². The van der Waals surface area contributed by atoms with Crippen LogP contribution < -0.4 is 5.73 Å². The molecular weight excluding hydrogens is 238 g/mol. The lowest BCUT2D eigenvalue weighted by Crippen LogP contribution is -2.34. The molecular formula is C15H25N3O. The summed E-state index contributed by atoms with van der Waals surface area (Å²) in [5, 5.41) is 0. The molecule has 1 heterocycles. The minimum absolute atomic E-state index is 0.350. The van der Waals surface area contributed by atoms with Gasteiger partial charge >= 0.3 is 0 Å². The number of hydrogen-bond donors (Lipinski definition) is 1. The monoisotopic (exact) mass is 263 g/mol. The van der Waals surface area contributed by atoms with Gasteiger partial charge in [-0.05, 0) is 30.6 Å². The summed E-state index contributed by atoms with van der Waals surface area (Å²) >= 11 is 0. The van der Waals surface area contributed by atoms with Crippen molar-refractivity contribution in [2.75, 3.05) is 5.73 Å². The van der Waals surface area contributed by atoms with Gasteiger partial charge in [-0.25, -0.2) is 4.98 Å². The second-order valence-electron chi connectivity index (χ2n) is 6.11. The molecule has 0 bridgehead atoms. The van der Waals surface area contributed by atoms with Gasteiger partial charge in [0.05, 0.1) is 30.8 Å². The molecule has 3 unspecified atom stereocenters. The van der Waals surface area contributed by atoms with Crippen molar-refractivity contribution in [2.24, 2.45) is 17.8 Å². The maximum absolute atomic E-state index is 6.11. The average molecular weight is 263 g/mol. The maximum atomic E-state index is 6.11. The molecule has 0 saturated heterocycles. The number of nitrogen functional groups attached to an aromatic ring is 1. The molecule has 1 saturated carbocycles. The molecule has 0 aliphatic heterocycles. The van der Waals surface area contributed by atoms with Gasteiger partial charge < -0.3 is 10.5 Å². The second kappa shape index (κ2) is 6.33. The number of aromatic nitrogens is 2. The normalized spacial score (nSPS) is 27.7. The predicted octanol–water partition coefficient (Wildman–Crippen LogP) is 3.04. The van der Waals surface area contributed by atoms with Gasteiger partial charge in [-0.1, -0.05) is 27.2 Å². The summed E-state index contributed by atoms with van der Waals surface area (Å²) in [6.07, 6.45) is 7.39.